The third-order valence-electron chi connectivity index (χ3n) is 6.03. The number of hydrogen-bond donors (Lipinski definition) is 1. The van der Waals surface area contributed by atoms with Gasteiger partial charge in [0, 0.05) is 16.5 Å². The maximum atomic E-state index is 3.71. The molecule has 0 fully saturated rings. The van der Waals surface area contributed by atoms with Crippen molar-refractivity contribution in [3.63, 3.8) is 0 Å². The summed E-state index contributed by atoms with van der Waals surface area (Å²) >= 11 is 0. The summed E-state index contributed by atoms with van der Waals surface area (Å²) in [5.41, 5.74) is 4.78. The van der Waals surface area contributed by atoms with Crippen LogP contribution in [-0.2, 0) is 0 Å². The maximum absolute atomic E-state index is 3.71. The molecule has 0 aliphatic heterocycles. The number of nitrogens with one attached hydrogen (secondary N) is 1. The van der Waals surface area contributed by atoms with Gasteiger partial charge in [-0.25, -0.2) is 0 Å². The molecule has 0 bridgehead atoms. The smallest absolute Gasteiger partial charge is 0.0543 e. The zero-order chi connectivity index (χ0) is 20.6. The molecule has 0 spiro atoms. The van der Waals surface area contributed by atoms with Gasteiger partial charge in [0.05, 0.1) is 5.69 Å². The molecule has 31 heavy (non-hydrogen) atoms. The van der Waals surface area contributed by atoms with Crippen molar-refractivity contribution in [3.05, 3.63) is 121 Å². The molecule has 6 rings (SSSR count). The molecule has 1 nitrogen and oxygen atoms in total. The van der Waals surface area contributed by atoms with Crippen molar-refractivity contribution in [1.29, 1.82) is 0 Å². The van der Waals surface area contributed by atoms with Crippen molar-refractivity contribution < 1.29 is 0 Å². The quantitative estimate of drug-likeness (QED) is 0.296. The molecule has 0 heterocycles. The third kappa shape index (κ3) is 3.03. The van der Waals surface area contributed by atoms with Gasteiger partial charge in [0.25, 0.3) is 0 Å². The highest BCUT2D eigenvalue weighted by molar-refractivity contribution is 6.17. The summed E-state index contributed by atoms with van der Waals surface area (Å²) < 4.78 is 0. The van der Waals surface area contributed by atoms with Crippen LogP contribution in [0.5, 0.6) is 0 Å². The van der Waals surface area contributed by atoms with Crippen molar-refractivity contribution >= 4 is 43.7 Å². The molecule has 1 N–H and O–H groups in total. The Morgan fingerprint density at radius 2 is 0.968 bits per heavy atom. The minimum Gasteiger partial charge on any atom is -0.355 e. The van der Waals surface area contributed by atoms with E-state index in [0.29, 0.717) is 0 Å². The molecule has 0 saturated carbocycles. The summed E-state index contributed by atoms with van der Waals surface area (Å²) in [5.74, 6) is 0. The Labute approximate surface area is 181 Å². The van der Waals surface area contributed by atoms with Gasteiger partial charge in [-0.1, -0.05) is 103 Å². The van der Waals surface area contributed by atoms with Gasteiger partial charge in [0.2, 0.25) is 0 Å². The van der Waals surface area contributed by atoms with Gasteiger partial charge in [-0.2, -0.15) is 0 Å². The number of anilines is 2. The average molecular weight is 396 g/mol. The van der Waals surface area contributed by atoms with Crippen LogP contribution < -0.4 is 5.32 Å². The largest absolute Gasteiger partial charge is 0.355 e. The van der Waals surface area contributed by atoms with Gasteiger partial charge in [-0.3, -0.25) is 0 Å². The predicted molar refractivity (Wildman–Crippen MR) is 134 cm³/mol. The number of benzene rings is 6. The summed E-state index contributed by atoms with van der Waals surface area (Å²) in [5, 5.41) is 11.2. The van der Waals surface area contributed by atoms with Gasteiger partial charge in [0.1, 0.15) is 0 Å². The lowest BCUT2D eigenvalue weighted by atomic mass is 9.91. The number of fused-ring (bicyclic) bond motifs is 3. The summed E-state index contributed by atoms with van der Waals surface area (Å²) in [6.07, 6.45) is 0. The average Bonchev–Trinajstić information content (AvgIpc) is 2.84. The first kappa shape index (κ1) is 17.7. The molecule has 6 aromatic carbocycles. The van der Waals surface area contributed by atoms with Gasteiger partial charge in [-0.05, 0) is 50.9 Å². The first-order valence-electron chi connectivity index (χ1n) is 10.6. The first-order valence-corrected chi connectivity index (χ1v) is 10.6. The van der Waals surface area contributed by atoms with Crippen molar-refractivity contribution in [2.45, 2.75) is 0 Å². The molecule has 146 valence electrons. The maximum Gasteiger partial charge on any atom is 0.0543 e. The summed E-state index contributed by atoms with van der Waals surface area (Å²) in [6.45, 7) is 0. The van der Waals surface area contributed by atoms with E-state index in [1.807, 2.05) is 6.07 Å². The van der Waals surface area contributed by atoms with E-state index in [-0.39, 0.29) is 0 Å². The van der Waals surface area contributed by atoms with E-state index in [1.165, 1.54) is 43.4 Å². The lowest BCUT2D eigenvalue weighted by Crippen LogP contribution is -1.94. The second-order valence-corrected chi connectivity index (χ2v) is 7.89. The van der Waals surface area contributed by atoms with Crippen LogP contribution in [0.2, 0.25) is 0 Å². The van der Waals surface area contributed by atoms with Crippen LogP contribution in [0.1, 0.15) is 0 Å². The highest BCUT2D eigenvalue weighted by atomic mass is 14.9. The Kier molecular flexibility index (Phi) is 4.18. The molecule has 0 aliphatic carbocycles. The molecular formula is C30H21N. The lowest BCUT2D eigenvalue weighted by Gasteiger charge is -2.17. The molecule has 0 atom stereocenters. The van der Waals surface area contributed by atoms with Gasteiger partial charge in [0.15, 0.2) is 0 Å². The zero-order valence-corrected chi connectivity index (χ0v) is 17.0. The summed E-state index contributed by atoms with van der Waals surface area (Å²) in [4.78, 5) is 0. The van der Waals surface area contributed by atoms with Crippen LogP contribution in [0.15, 0.2) is 121 Å². The normalized spacial score (nSPS) is 11.2. The predicted octanol–water partition coefficient (Wildman–Crippen LogP) is 8.56. The molecule has 0 amide bonds. The second-order valence-electron chi connectivity index (χ2n) is 7.89. The minimum atomic E-state index is 1.09. The van der Waals surface area contributed by atoms with Crippen LogP contribution >= 0.6 is 0 Å². The van der Waals surface area contributed by atoms with E-state index in [2.05, 4.69) is 121 Å². The molecule has 0 unspecified atom stereocenters. The van der Waals surface area contributed by atoms with Crippen molar-refractivity contribution in [3.8, 4) is 11.1 Å². The fourth-order valence-corrected chi connectivity index (χ4v) is 4.59. The number of hydrogen-bond acceptors (Lipinski definition) is 1. The lowest BCUT2D eigenvalue weighted by molar-refractivity contribution is 1.59. The Morgan fingerprint density at radius 3 is 1.81 bits per heavy atom. The van der Waals surface area contributed by atoms with Gasteiger partial charge in [-0.15, -0.1) is 0 Å². The van der Waals surface area contributed by atoms with E-state index >= 15 is 0 Å². The van der Waals surface area contributed by atoms with E-state index in [9.17, 15) is 0 Å². The first-order chi connectivity index (χ1) is 15.4. The van der Waals surface area contributed by atoms with Crippen molar-refractivity contribution in [2.75, 3.05) is 5.32 Å². The van der Waals surface area contributed by atoms with E-state index < -0.39 is 0 Å². The van der Waals surface area contributed by atoms with Gasteiger partial charge >= 0.3 is 0 Å². The van der Waals surface area contributed by atoms with E-state index in [1.54, 1.807) is 0 Å². The molecule has 0 aliphatic rings. The summed E-state index contributed by atoms with van der Waals surface area (Å²) in [6, 6.07) is 43.2. The van der Waals surface area contributed by atoms with Crippen LogP contribution in [-0.4, -0.2) is 0 Å². The molecule has 6 aromatic rings. The van der Waals surface area contributed by atoms with Crippen LogP contribution in [0, 0.1) is 0 Å². The fourth-order valence-electron chi connectivity index (χ4n) is 4.59. The van der Waals surface area contributed by atoms with Crippen LogP contribution in [0.4, 0.5) is 11.4 Å². The number of rotatable bonds is 3. The molecule has 0 radical (unpaired) electrons. The topological polar surface area (TPSA) is 12.0 Å². The third-order valence-corrected chi connectivity index (χ3v) is 6.03. The Bertz CT molecular complexity index is 1540. The standard InChI is InChI=1S/C30H21N/c1-2-13-23(14-3-1)31-30-25-16-7-5-11-22(25)20-29-27(18-9-19-28(29)30)26-17-8-12-21-10-4-6-15-24(21)26/h1-20,31H. The van der Waals surface area contributed by atoms with Crippen molar-refractivity contribution in [1.82, 2.24) is 0 Å². The van der Waals surface area contributed by atoms with Crippen molar-refractivity contribution in [2.24, 2.45) is 0 Å². The highest BCUT2D eigenvalue weighted by Gasteiger charge is 2.13. The Hall–Kier alpha value is -4.10. The second kappa shape index (κ2) is 7.30. The number of para-hydroxylation sites is 1. The van der Waals surface area contributed by atoms with E-state index in [4.69, 9.17) is 0 Å². The molecule has 1 heteroatoms. The SMILES string of the molecule is c1ccc(Nc2c3ccccc3cc3c(-c4cccc5ccccc45)cccc23)cc1. The monoisotopic (exact) mass is 395 g/mol. The van der Waals surface area contributed by atoms with Gasteiger partial charge < -0.3 is 5.32 Å². The fraction of sp³-hybridized carbons (Fsp3) is 0. The molecule has 0 aromatic heterocycles. The molecular weight excluding hydrogens is 374 g/mol. The summed E-state index contributed by atoms with van der Waals surface area (Å²) in [7, 11) is 0. The van der Waals surface area contributed by atoms with Crippen LogP contribution in [0.3, 0.4) is 0 Å². The zero-order valence-electron chi connectivity index (χ0n) is 17.0. The highest BCUT2D eigenvalue weighted by Crippen LogP contribution is 2.40. The Morgan fingerprint density at radius 1 is 0.387 bits per heavy atom. The molecule has 0 saturated heterocycles. The van der Waals surface area contributed by atoms with Crippen LogP contribution in [0.25, 0.3) is 43.4 Å². The van der Waals surface area contributed by atoms with E-state index in [0.717, 1.165) is 11.4 Å². The minimum absolute atomic E-state index is 1.09. The Balaban J connectivity index is 1.69.